The van der Waals surface area contributed by atoms with Crippen LogP contribution in [0.5, 0.6) is 0 Å². The predicted molar refractivity (Wildman–Crippen MR) is 63.1 cm³/mol. The van der Waals surface area contributed by atoms with Crippen LogP contribution in [0.2, 0.25) is 0 Å². The minimum Gasteiger partial charge on any atom is -0.268 e. The molecule has 1 radical (unpaired) electrons. The first-order chi connectivity index (χ1) is 7.36. The molecule has 0 saturated carbocycles. The highest BCUT2D eigenvalue weighted by Gasteiger charge is 2.00. The Balaban J connectivity index is 2.08. The molecule has 2 nitrogen and oxygen atoms in total. The lowest BCUT2D eigenvalue weighted by atomic mass is 10.3. The molecule has 2 aromatic carbocycles. The van der Waals surface area contributed by atoms with Crippen LogP contribution in [0.25, 0.3) is 0 Å². The Labute approximate surface area is 90.1 Å². The van der Waals surface area contributed by atoms with Crippen molar-refractivity contribution >= 4 is 11.4 Å². The molecule has 15 heavy (non-hydrogen) atoms. The molecule has 0 spiro atoms. The highest BCUT2D eigenvalue weighted by Crippen LogP contribution is 2.13. The molecule has 75 valence electrons. The van der Waals surface area contributed by atoms with E-state index in [4.69, 9.17) is 0 Å². The largest absolute Gasteiger partial charge is 0.268 e. The number of hydrogen-bond acceptors (Lipinski definition) is 1. The Morgan fingerprint density at radius 2 is 1.33 bits per heavy atom. The summed E-state index contributed by atoms with van der Waals surface area (Å²) < 4.78 is 0. The van der Waals surface area contributed by atoms with E-state index < -0.39 is 0 Å². The summed E-state index contributed by atoms with van der Waals surface area (Å²) in [5.74, 6) is 0. The zero-order valence-corrected chi connectivity index (χ0v) is 8.67. The average Bonchev–Trinajstić information content (AvgIpc) is 2.31. The lowest BCUT2D eigenvalue weighted by molar-refractivity contribution is 0.833. The second-order valence-electron chi connectivity index (χ2n) is 3.29. The van der Waals surface area contributed by atoms with Gasteiger partial charge in [-0.15, -0.1) is 0 Å². The van der Waals surface area contributed by atoms with Gasteiger partial charge in [-0.1, -0.05) is 36.4 Å². The van der Waals surface area contributed by atoms with E-state index in [0.717, 1.165) is 11.4 Å². The monoisotopic (exact) mass is 197 g/mol. The number of benzene rings is 2. The summed E-state index contributed by atoms with van der Waals surface area (Å²) in [5.41, 5.74) is 6.51. The van der Waals surface area contributed by atoms with E-state index in [0.29, 0.717) is 0 Å². The van der Waals surface area contributed by atoms with Gasteiger partial charge in [0.25, 0.3) is 0 Å². The summed E-state index contributed by atoms with van der Waals surface area (Å²) in [6, 6.07) is 20.0. The smallest absolute Gasteiger partial charge is 0.0835 e. The van der Waals surface area contributed by atoms with Crippen molar-refractivity contribution < 1.29 is 0 Å². The molecule has 0 aliphatic heterocycles. The fourth-order valence-electron chi connectivity index (χ4n) is 1.37. The minimum atomic E-state index is 0.962. The van der Waals surface area contributed by atoms with Crippen molar-refractivity contribution in [3.05, 3.63) is 60.7 Å². The normalized spacial score (nSPS) is 9.67. The van der Waals surface area contributed by atoms with Crippen LogP contribution >= 0.6 is 0 Å². The maximum Gasteiger partial charge on any atom is 0.0835 e. The molecule has 0 unspecified atom stereocenters. The molecule has 0 bridgehead atoms. The molecular formula is C13H13N2. The molecule has 0 atom stereocenters. The number of hydrogen-bond donors (Lipinski definition) is 0. The van der Waals surface area contributed by atoms with E-state index in [-0.39, 0.29) is 0 Å². The molecular weight excluding hydrogens is 184 g/mol. The lowest BCUT2D eigenvalue weighted by Crippen LogP contribution is -2.23. The van der Waals surface area contributed by atoms with Crippen LogP contribution in [-0.2, 0) is 0 Å². The number of anilines is 1. The zero-order valence-electron chi connectivity index (χ0n) is 8.67. The quantitative estimate of drug-likeness (QED) is 0.691. The van der Waals surface area contributed by atoms with Crippen molar-refractivity contribution in [3.63, 3.8) is 0 Å². The third kappa shape index (κ3) is 2.50. The van der Waals surface area contributed by atoms with Crippen molar-refractivity contribution in [2.45, 2.75) is 0 Å². The molecule has 0 saturated heterocycles. The summed E-state index contributed by atoms with van der Waals surface area (Å²) in [6.45, 7) is 0. The van der Waals surface area contributed by atoms with Gasteiger partial charge in [0.05, 0.1) is 11.4 Å². The molecule has 0 fully saturated rings. The van der Waals surface area contributed by atoms with Crippen LogP contribution in [0.1, 0.15) is 0 Å². The first-order valence-electron chi connectivity index (χ1n) is 4.92. The standard InChI is InChI=1S/C13H13N2/c1-15(13-10-6-3-7-11-13)14-12-8-4-2-5-9-12/h2-11H,1H3. The highest BCUT2D eigenvalue weighted by atomic mass is 15.5. The molecule has 2 aromatic rings. The molecule has 0 amide bonds. The van der Waals surface area contributed by atoms with Gasteiger partial charge < -0.3 is 0 Å². The Hall–Kier alpha value is -1.96. The van der Waals surface area contributed by atoms with Gasteiger partial charge in [0, 0.05) is 7.05 Å². The minimum absolute atomic E-state index is 0.962. The van der Waals surface area contributed by atoms with Gasteiger partial charge in [0.15, 0.2) is 0 Å². The SMILES string of the molecule is CN([N]c1ccccc1)c1ccccc1. The van der Waals surface area contributed by atoms with Crippen molar-refractivity contribution in [2.75, 3.05) is 12.1 Å². The molecule has 2 rings (SSSR count). The van der Waals surface area contributed by atoms with Gasteiger partial charge in [-0.05, 0) is 24.3 Å². The maximum absolute atomic E-state index is 4.46. The number of para-hydroxylation sites is 1. The van der Waals surface area contributed by atoms with E-state index in [2.05, 4.69) is 5.43 Å². The van der Waals surface area contributed by atoms with Gasteiger partial charge in [0.1, 0.15) is 0 Å². The predicted octanol–water partition coefficient (Wildman–Crippen LogP) is 2.97. The summed E-state index contributed by atoms with van der Waals surface area (Å²) in [5, 5.41) is 1.87. The first-order valence-corrected chi connectivity index (χ1v) is 4.92. The van der Waals surface area contributed by atoms with Gasteiger partial charge in [-0.3, -0.25) is 5.01 Å². The van der Waals surface area contributed by atoms with E-state index in [1.165, 1.54) is 0 Å². The molecule has 0 aliphatic rings. The lowest BCUT2D eigenvalue weighted by Gasteiger charge is -2.17. The van der Waals surface area contributed by atoms with Crippen molar-refractivity contribution in [3.8, 4) is 0 Å². The number of nitrogens with zero attached hydrogens (tertiary/aromatic N) is 2. The summed E-state index contributed by atoms with van der Waals surface area (Å²) >= 11 is 0. The Morgan fingerprint density at radius 3 is 1.93 bits per heavy atom. The van der Waals surface area contributed by atoms with Crippen LogP contribution < -0.4 is 10.4 Å². The fraction of sp³-hybridized carbons (Fsp3) is 0.0769. The van der Waals surface area contributed by atoms with Crippen LogP contribution in [0.3, 0.4) is 0 Å². The van der Waals surface area contributed by atoms with Crippen molar-refractivity contribution in [1.29, 1.82) is 0 Å². The number of rotatable bonds is 3. The second-order valence-corrected chi connectivity index (χ2v) is 3.29. The van der Waals surface area contributed by atoms with E-state index >= 15 is 0 Å². The maximum atomic E-state index is 4.46. The van der Waals surface area contributed by atoms with Crippen molar-refractivity contribution in [1.82, 2.24) is 5.43 Å². The van der Waals surface area contributed by atoms with Crippen molar-refractivity contribution in [2.24, 2.45) is 0 Å². The summed E-state index contributed by atoms with van der Waals surface area (Å²) in [7, 11) is 1.95. The van der Waals surface area contributed by atoms with Crippen LogP contribution in [0.4, 0.5) is 11.4 Å². The van der Waals surface area contributed by atoms with Gasteiger partial charge in [0.2, 0.25) is 0 Å². The van der Waals surface area contributed by atoms with Gasteiger partial charge >= 0.3 is 0 Å². The Kier molecular flexibility index (Phi) is 2.88. The third-order valence-electron chi connectivity index (χ3n) is 2.15. The summed E-state index contributed by atoms with van der Waals surface area (Å²) in [6.07, 6.45) is 0. The van der Waals surface area contributed by atoms with E-state index in [1.54, 1.807) is 0 Å². The van der Waals surface area contributed by atoms with Crippen LogP contribution in [-0.4, -0.2) is 7.05 Å². The molecule has 0 aliphatic carbocycles. The first kappa shape index (κ1) is 9.59. The molecule has 2 heteroatoms. The van der Waals surface area contributed by atoms with Crippen LogP contribution in [0.15, 0.2) is 60.7 Å². The second kappa shape index (κ2) is 4.51. The highest BCUT2D eigenvalue weighted by molar-refractivity contribution is 5.47. The molecule has 0 N–H and O–H groups in total. The zero-order chi connectivity index (χ0) is 10.5. The Bertz CT molecular complexity index is 397. The topological polar surface area (TPSA) is 17.3 Å². The Morgan fingerprint density at radius 1 is 0.800 bits per heavy atom. The van der Waals surface area contributed by atoms with E-state index in [9.17, 15) is 0 Å². The van der Waals surface area contributed by atoms with E-state index in [1.807, 2.05) is 72.7 Å². The van der Waals surface area contributed by atoms with Crippen LogP contribution in [0, 0.1) is 0 Å². The summed E-state index contributed by atoms with van der Waals surface area (Å²) in [4.78, 5) is 0. The average molecular weight is 197 g/mol. The molecule has 0 aromatic heterocycles. The fourth-order valence-corrected chi connectivity index (χ4v) is 1.37. The third-order valence-corrected chi connectivity index (χ3v) is 2.15. The van der Waals surface area contributed by atoms with Gasteiger partial charge in [-0.2, -0.15) is 5.43 Å². The van der Waals surface area contributed by atoms with Gasteiger partial charge in [-0.25, -0.2) is 0 Å². The molecule has 0 heterocycles.